The van der Waals surface area contributed by atoms with Gasteiger partial charge >= 0.3 is 5.97 Å². The topological polar surface area (TPSA) is 62.7 Å². The summed E-state index contributed by atoms with van der Waals surface area (Å²) in [5, 5.41) is 0. The van der Waals surface area contributed by atoms with Crippen molar-refractivity contribution in [3.8, 4) is 0 Å². The number of anilines is 1. The van der Waals surface area contributed by atoms with E-state index in [-0.39, 0.29) is 11.9 Å². The SMILES string of the molecule is CCc1cc(C(=O)N2CCCCC2)cnc1N(CC)C1=CC(C)=C(/C=C(\C)C(=O)OC)CC1. The predicted molar refractivity (Wildman–Crippen MR) is 132 cm³/mol. The number of carbonyl (C=O) groups excluding carboxylic acids is 2. The highest BCUT2D eigenvalue weighted by Crippen LogP contribution is 2.32. The van der Waals surface area contributed by atoms with Crippen molar-refractivity contribution in [3.63, 3.8) is 0 Å². The number of likely N-dealkylation sites (tertiary alicyclic amines) is 1. The van der Waals surface area contributed by atoms with E-state index in [2.05, 4.69) is 31.7 Å². The van der Waals surface area contributed by atoms with Crippen molar-refractivity contribution in [1.82, 2.24) is 9.88 Å². The second-order valence-corrected chi connectivity index (χ2v) is 8.82. The molecule has 1 aromatic heterocycles. The largest absolute Gasteiger partial charge is 0.466 e. The van der Waals surface area contributed by atoms with Crippen molar-refractivity contribution in [2.75, 3.05) is 31.6 Å². The van der Waals surface area contributed by atoms with Crippen molar-refractivity contribution in [1.29, 1.82) is 0 Å². The highest BCUT2D eigenvalue weighted by Gasteiger charge is 2.23. The molecule has 6 nitrogen and oxygen atoms in total. The van der Waals surface area contributed by atoms with Gasteiger partial charge in [0, 0.05) is 37.1 Å². The molecule has 0 N–H and O–H groups in total. The molecule has 0 radical (unpaired) electrons. The van der Waals surface area contributed by atoms with Gasteiger partial charge in [-0.3, -0.25) is 4.79 Å². The second-order valence-electron chi connectivity index (χ2n) is 8.82. The molecule has 0 aromatic carbocycles. The van der Waals surface area contributed by atoms with Crippen LogP contribution in [0.4, 0.5) is 5.82 Å². The summed E-state index contributed by atoms with van der Waals surface area (Å²) in [5.41, 5.74) is 5.90. The lowest BCUT2D eigenvalue weighted by atomic mass is 9.94. The molecule has 3 rings (SSSR count). The number of aromatic nitrogens is 1. The molecule has 6 heteroatoms. The molecule has 178 valence electrons. The number of carbonyl (C=O) groups is 2. The second kappa shape index (κ2) is 11.3. The number of ether oxygens (including phenoxy) is 1. The van der Waals surface area contributed by atoms with Gasteiger partial charge in [-0.1, -0.05) is 6.92 Å². The van der Waals surface area contributed by atoms with E-state index in [0.29, 0.717) is 11.1 Å². The maximum atomic E-state index is 13.0. The van der Waals surface area contributed by atoms with E-state index >= 15 is 0 Å². The van der Waals surface area contributed by atoms with Crippen LogP contribution in [-0.2, 0) is 16.0 Å². The zero-order valence-electron chi connectivity index (χ0n) is 20.7. The van der Waals surface area contributed by atoms with Crippen molar-refractivity contribution in [2.45, 2.75) is 66.2 Å². The Morgan fingerprint density at radius 1 is 1.18 bits per heavy atom. The fraction of sp³-hybridized carbons (Fsp3) is 0.519. The van der Waals surface area contributed by atoms with Crippen LogP contribution in [0.2, 0.25) is 0 Å². The number of rotatable bonds is 7. The van der Waals surface area contributed by atoms with Gasteiger partial charge in [0.25, 0.3) is 5.91 Å². The van der Waals surface area contributed by atoms with E-state index in [0.717, 1.165) is 74.3 Å². The number of hydrogen-bond donors (Lipinski definition) is 0. The summed E-state index contributed by atoms with van der Waals surface area (Å²) in [6.07, 6.45) is 11.8. The molecule has 1 aliphatic carbocycles. The third-order valence-corrected chi connectivity index (χ3v) is 6.57. The smallest absolute Gasteiger partial charge is 0.333 e. The molecular weight excluding hydrogens is 414 g/mol. The lowest BCUT2D eigenvalue weighted by molar-refractivity contribution is -0.136. The lowest BCUT2D eigenvalue weighted by Gasteiger charge is -2.30. The standard InChI is InChI=1S/C27H37N3O3/c1-6-21-17-23(26(31)29-13-9-8-10-14-29)18-28-25(21)30(7-2)24-12-11-22(19(3)16-24)15-20(4)27(32)33-5/h15-18H,6-14H2,1-5H3/b20-15+. The van der Waals surface area contributed by atoms with Crippen molar-refractivity contribution in [3.05, 3.63) is 58.0 Å². The van der Waals surface area contributed by atoms with Crippen LogP contribution in [0.15, 0.2) is 46.8 Å². The quantitative estimate of drug-likeness (QED) is 0.421. The number of hydrogen-bond acceptors (Lipinski definition) is 5. The number of amides is 1. The molecule has 1 aliphatic heterocycles. The average Bonchev–Trinajstić information content (AvgIpc) is 2.85. The first kappa shape index (κ1) is 24.7. The zero-order valence-corrected chi connectivity index (χ0v) is 20.7. The van der Waals surface area contributed by atoms with Gasteiger partial charge in [-0.25, -0.2) is 9.78 Å². The Hall–Kier alpha value is -2.89. The van der Waals surface area contributed by atoms with E-state index in [9.17, 15) is 9.59 Å². The van der Waals surface area contributed by atoms with Gasteiger partial charge in [0.05, 0.1) is 12.7 Å². The number of pyridine rings is 1. The fourth-order valence-corrected chi connectivity index (χ4v) is 4.65. The predicted octanol–water partition coefficient (Wildman–Crippen LogP) is 5.21. The summed E-state index contributed by atoms with van der Waals surface area (Å²) in [7, 11) is 1.41. The summed E-state index contributed by atoms with van der Waals surface area (Å²) in [5.74, 6) is 0.731. The van der Waals surface area contributed by atoms with E-state index in [1.165, 1.54) is 19.2 Å². The molecule has 0 atom stereocenters. The Morgan fingerprint density at radius 2 is 1.91 bits per heavy atom. The third-order valence-electron chi connectivity index (χ3n) is 6.57. The highest BCUT2D eigenvalue weighted by atomic mass is 16.5. The van der Waals surface area contributed by atoms with Gasteiger partial charge in [-0.15, -0.1) is 0 Å². The number of methoxy groups -OCH3 is 1. The molecule has 33 heavy (non-hydrogen) atoms. The molecule has 0 spiro atoms. The van der Waals surface area contributed by atoms with Crippen LogP contribution in [0.5, 0.6) is 0 Å². The summed E-state index contributed by atoms with van der Waals surface area (Å²) >= 11 is 0. The minimum absolute atomic E-state index is 0.0968. The number of aryl methyl sites for hydroxylation is 1. The van der Waals surface area contributed by atoms with Gasteiger partial charge in [0.15, 0.2) is 0 Å². The molecule has 1 fully saturated rings. The molecule has 2 heterocycles. The molecule has 0 bridgehead atoms. The first-order valence-electron chi connectivity index (χ1n) is 12.1. The molecule has 0 saturated carbocycles. The third kappa shape index (κ3) is 5.73. The summed E-state index contributed by atoms with van der Waals surface area (Å²) in [6.45, 7) is 10.6. The lowest BCUT2D eigenvalue weighted by Crippen LogP contribution is -2.35. The Labute approximate surface area is 198 Å². The Morgan fingerprint density at radius 3 is 2.52 bits per heavy atom. The van der Waals surface area contributed by atoms with Gasteiger partial charge in [0.1, 0.15) is 5.82 Å². The Kier molecular flexibility index (Phi) is 8.48. The van der Waals surface area contributed by atoms with Crippen LogP contribution >= 0.6 is 0 Å². The number of piperidine rings is 1. The monoisotopic (exact) mass is 451 g/mol. The van der Waals surface area contributed by atoms with Crippen molar-refractivity contribution < 1.29 is 14.3 Å². The molecule has 0 unspecified atom stereocenters. The van der Waals surface area contributed by atoms with Crippen LogP contribution in [-0.4, -0.2) is 48.5 Å². The maximum Gasteiger partial charge on any atom is 0.333 e. The minimum Gasteiger partial charge on any atom is -0.466 e. The fourth-order valence-electron chi connectivity index (χ4n) is 4.65. The van der Waals surface area contributed by atoms with Crippen molar-refractivity contribution in [2.24, 2.45) is 0 Å². The summed E-state index contributed by atoms with van der Waals surface area (Å²) < 4.78 is 4.83. The maximum absolute atomic E-state index is 13.0. The molecule has 1 aromatic rings. The molecule has 2 aliphatic rings. The van der Waals surface area contributed by atoms with Crippen LogP contribution in [0.25, 0.3) is 0 Å². The first-order valence-corrected chi connectivity index (χ1v) is 12.1. The highest BCUT2D eigenvalue weighted by molar-refractivity contribution is 5.94. The van der Waals surface area contributed by atoms with Gasteiger partial charge in [-0.05, 0) is 94.2 Å². The molecule has 1 amide bonds. The van der Waals surface area contributed by atoms with E-state index in [4.69, 9.17) is 9.72 Å². The number of esters is 1. The van der Waals surface area contributed by atoms with Crippen LogP contribution in [0.3, 0.4) is 0 Å². The van der Waals surface area contributed by atoms with Crippen LogP contribution in [0.1, 0.15) is 75.7 Å². The minimum atomic E-state index is -0.295. The summed E-state index contributed by atoms with van der Waals surface area (Å²) in [6, 6.07) is 2.03. The van der Waals surface area contributed by atoms with E-state index in [1.807, 2.05) is 17.0 Å². The number of nitrogens with zero attached hydrogens (tertiary/aromatic N) is 3. The Balaban J connectivity index is 1.87. The van der Waals surface area contributed by atoms with Gasteiger partial charge < -0.3 is 14.5 Å². The van der Waals surface area contributed by atoms with Crippen molar-refractivity contribution >= 4 is 17.7 Å². The normalized spacial score (nSPS) is 17.1. The van der Waals surface area contributed by atoms with Crippen LogP contribution < -0.4 is 4.90 Å². The zero-order chi connectivity index (χ0) is 24.0. The van der Waals surface area contributed by atoms with E-state index < -0.39 is 0 Å². The van der Waals surface area contributed by atoms with Crippen LogP contribution in [0, 0.1) is 0 Å². The molecular formula is C27H37N3O3. The average molecular weight is 452 g/mol. The van der Waals surface area contributed by atoms with Gasteiger partial charge in [0.2, 0.25) is 0 Å². The van der Waals surface area contributed by atoms with Gasteiger partial charge in [-0.2, -0.15) is 0 Å². The van der Waals surface area contributed by atoms with E-state index in [1.54, 1.807) is 13.1 Å². The summed E-state index contributed by atoms with van der Waals surface area (Å²) in [4.78, 5) is 33.7. The Bertz CT molecular complexity index is 984. The number of allylic oxidation sites excluding steroid dienone is 5. The molecule has 1 saturated heterocycles. The first-order chi connectivity index (χ1) is 15.9.